The molecule has 0 spiro atoms. The molecule has 1 aliphatic carbocycles. The third kappa shape index (κ3) is 8.18. The summed E-state index contributed by atoms with van der Waals surface area (Å²) >= 11 is 0. The van der Waals surface area contributed by atoms with Crippen molar-refractivity contribution in [2.24, 2.45) is 5.92 Å². The van der Waals surface area contributed by atoms with Crippen LogP contribution in [0.25, 0.3) is 0 Å². The number of carbonyl (C=O) groups excluding carboxylic acids is 1. The van der Waals surface area contributed by atoms with Crippen LogP contribution < -0.4 is 0 Å². The van der Waals surface area contributed by atoms with Gasteiger partial charge in [0.05, 0.1) is 0 Å². The van der Waals surface area contributed by atoms with Gasteiger partial charge < -0.3 is 0 Å². The van der Waals surface area contributed by atoms with Gasteiger partial charge in [-0.25, -0.2) is 0 Å². The summed E-state index contributed by atoms with van der Waals surface area (Å²) in [6.45, 7) is 2.16. The number of hydrogen-bond acceptors (Lipinski definition) is 1. The summed E-state index contributed by atoms with van der Waals surface area (Å²) in [6, 6.07) is 0. The third-order valence-corrected chi connectivity index (χ3v) is 3.59. The maximum atomic E-state index is 11.7. The van der Waals surface area contributed by atoms with E-state index < -0.39 is 0 Å². The predicted molar refractivity (Wildman–Crippen MR) is 74.1 cm³/mol. The standard InChI is InChI=1S/C16H28O/c1-15-12-10-8-6-4-2-3-5-7-9-11-13-16(17)14-15/h10,12,15H,2-9,11,13-14H2,1H3/b12-10+/t15-/m0/s1. The molecule has 0 heterocycles. The molecule has 0 fully saturated rings. The first-order valence-corrected chi connectivity index (χ1v) is 7.47. The molecule has 1 nitrogen and oxygen atoms in total. The second kappa shape index (κ2) is 9.44. The molecule has 1 atom stereocenters. The van der Waals surface area contributed by atoms with Gasteiger partial charge in [-0.05, 0) is 25.2 Å². The van der Waals surface area contributed by atoms with E-state index in [1.54, 1.807) is 0 Å². The monoisotopic (exact) mass is 236 g/mol. The Balaban J connectivity index is 2.31. The smallest absolute Gasteiger partial charge is 0.133 e. The summed E-state index contributed by atoms with van der Waals surface area (Å²) in [4.78, 5) is 11.7. The zero-order valence-corrected chi connectivity index (χ0v) is 11.4. The lowest BCUT2D eigenvalue weighted by Crippen LogP contribution is -2.03. The van der Waals surface area contributed by atoms with Crippen molar-refractivity contribution in [2.45, 2.75) is 77.6 Å². The van der Waals surface area contributed by atoms with Gasteiger partial charge in [-0.2, -0.15) is 0 Å². The number of allylic oxidation sites excluding steroid dienone is 2. The van der Waals surface area contributed by atoms with Crippen molar-refractivity contribution in [1.82, 2.24) is 0 Å². The van der Waals surface area contributed by atoms with E-state index in [1.165, 1.54) is 51.4 Å². The molecular weight excluding hydrogens is 208 g/mol. The molecule has 0 aromatic heterocycles. The molecule has 0 aliphatic heterocycles. The summed E-state index contributed by atoms with van der Waals surface area (Å²) in [7, 11) is 0. The molecule has 0 bridgehead atoms. The molecule has 1 rings (SSSR count). The van der Waals surface area contributed by atoms with Crippen molar-refractivity contribution in [2.75, 3.05) is 0 Å². The predicted octanol–water partition coefficient (Wildman–Crippen LogP) is 5.05. The van der Waals surface area contributed by atoms with E-state index in [4.69, 9.17) is 0 Å². The highest BCUT2D eigenvalue weighted by atomic mass is 16.1. The minimum absolute atomic E-state index is 0.438. The highest BCUT2D eigenvalue weighted by Crippen LogP contribution is 2.14. The van der Waals surface area contributed by atoms with E-state index in [0.717, 1.165) is 19.3 Å². The van der Waals surface area contributed by atoms with E-state index in [2.05, 4.69) is 19.1 Å². The minimum Gasteiger partial charge on any atom is -0.300 e. The largest absolute Gasteiger partial charge is 0.300 e. The zero-order valence-electron chi connectivity index (χ0n) is 11.4. The zero-order chi connectivity index (χ0) is 12.3. The lowest BCUT2D eigenvalue weighted by atomic mass is 10.00. The van der Waals surface area contributed by atoms with E-state index >= 15 is 0 Å². The number of Topliss-reactive ketones (excluding diaryl/α,β-unsaturated/α-hetero) is 1. The molecule has 17 heavy (non-hydrogen) atoms. The molecule has 98 valence electrons. The molecule has 1 aliphatic rings. The van der Waals surface area contributed by atoms with Crippen LogP contribution in [0.3, 0.4) is 0 Å². The van der Waals surface area contributed by atoms with Gasteiger partial charge in [-0.15, -0.1) is 0 Å². The molecule has 0 unspecified atom stereocenters. The number of rotatable bonds is 0. The Kier molecular flexibility index (Phi) is 8.04. The normalized spacial score (nSPS) is 28.1. The fraction of sp³-hybridized carbons (Fsp3) is 0.812. The lowest BCUT2D eigenvalue weighted by molar-refractivity contribution is -0.119. The molecule has 0 saturated heterocycles. The number of ketones is 1. The summed E-state index contributed by atoms with van der Waals surface area (Å²) < 4.78 is 0. The van der Waals surface area contributed by atoms with Gasteiger partial charge in [0.2, 0.25) is 0 Å². The third-order valence-electron chi connectivity index (χ3n) is 3.59. The second-order valence-electron chi connectivity index (χ2n) is 5.52. The second-order valence-corrected chi connectivity index (χ2v) is 5.52. The van der Waals surface area contributed by atoms with Crippen LogP contribution in [0.1, 0.15) is 77.6 Å². The van der Waals surface area contributed by atoms with Crippen molar-refractivity contribution in [3.63, 3.8) is 0 Å². The van der Waals surface area contributed by atoms with Crippen LogP contribution in [0.15, 0.2) is 12.2 Å². The molecule has 0 N–H and O–H groups in total. The van der Waals surface area contributed by atoms with Gasteiger partial charge >= 0.3 is 0 Å². The SMILES string of the molecule is C[C@H]1/C=C/CCCCCCCCCCC(=O)C1. The van der Waals surface area contributed by atoms with Gasteiger partial charge in [0, 0.05) is 12.8 Å². The van der Waals surface area contributed by atoms with E-state index in [0.29, 0.717) is 11.7 Å². The van der Waals surface area contributed by atoms with Gasteiger partial charge in [0.1, 0.15) is 5.78 Å². The fourth-order valence-corrected chi connectivity index (χ4v) is 2.50. The van der Waals surface area contributed by atoms with Crippen LogP contribution >= 0.6 is 0 Å². The van der Waals surface area contributed by atoms with Crippen LogP contribution in [-0.4, -0.2) is 5.78 Å². The topological polar surface area (TPSA) is 17.1 Å². The summed E-state index contributed by atoms with van der Waals surface area (Å²) in [5.74, 6) is 0.893. The maximum Gasteiger partial charge on any atom is 0.133 e. The van der Waals surface area contributed by atoms with Crippen LogP contribution in [0.2, 0.25) is 0 Å². The van der Waals surface area contributed by atoms with Crippen molar-refractivity contribution in [3.8, 4) is 0 Å². The van der Waals surface area contributed by atoms with Crippen LogP contribution in [0.4, 0.5) is 0 Å². The van der Waals surface area contributed by atoms with Crippen molar-refractivity contribution in [1.29, 1.82) is 0 Å². The van der Waals surface area contributed by atoms with Crippen LogP contribution in [0, 0.1) is 5.92 Å². The molecule has 0 aromatic rings. The molecule has 0 radical (unpaired) electrons. The number of hydrogen-bond donors (Lipinski definition) is 0. The first-order chi connectivity index (χ1) is 8.29. The molecular formula is C16H28O. The highest BCUT2D eigenvalue weighted by molar-refractivity contribution is 5.78. The van der Waals surface area contributed by atoms with E-state index in [9.17, 15) is 4.79 Å². The molecule has 0 amide bonds. The van der Waals surface area contributed by atoms with Gasteiger partial charge in [-0.3, -0.25) is 4.79 Å². The Hall–Kier alpha value is -0.590. The molecule has 1 heteroatoms. The van der Waals surface area contributed by atoms with Gasteiger partial charge in [0.25, 0.3) is 0 Å². The Bertz CT molecular complexity index is 230. The van der Waals surface area contributed by atoms with Gasteiger partial charge in [0.15, 0.2) is 0 Å². The van der Waals surface area contributed by atoms with Crippen molar-refractivity contribution < 1.29 is 4.79 Å². The lowest BCUT2D eigenvalue weighted by Gasteiger charge is -2.05. The summed E-state index contributed by atoms with van der Waals surface area (Å²) in [5.41, 5.74) is 0. The van der Waals surface area contributed by atoms with Crippen LogP contribution in [0.5, 0.6) is 0 Å². The van der Waals surface area contributed by atoms with Crippen molar-refractivity contribution >= 4 is 5.78 Å². The van der Waals surface area contributed by atoms with E-state index in [1.807, 2.05) is 0 Å². The Morgan fingerprint density at radius 1 is 0.941 bits per heavy atom. The van der Waals surface area contributed by atoms with E-state index in [-0.39, 0.29) is 0 Å². The Morgan fingerprint density at radius 3 is 2.24 bits per heavy atom. The van der Waals surface area contributed by atoms with Crippen molar-refractivity contribution in [3.05, 3.63) is 12.2 Å². The molecule has 0 saturated carbocycles. The number of carbonyl (C=O) groups is 1. The maximum absolute atomic E-state index is 11.7. The average molecular weight is 236 g/mol. The fourth-order valence-electron chi connectivity index (χ4n) is 2.50. The summed E-state index contributed by atoms with van der Waals surface area (Å²) in [5, 5.41) is 0. The highest BCUT2D eigenvalue weighted by Gasteiger charge is 2.06. The minimum atomic E-state index is 0.438. The first-order valence-electron chi connectivity index (χ1n) is 7.47. The van der Waals surface area contributed by atoms with Gasteiger partial charge in [-0.1, -0.05) is 57.6 Å². The molecule has 0 aromatic carbocycles. The average Bonchev–Trinajstić information content (AvgIpc) is 2.30. The quantitative estimate of drug-likeness (QED) is 0.538. The Labute approximate surface area is 107 Å². The summed E-state index contributed by atoms with van der Waals surface area (Å²) in [6.07, 6.45) is 17.8. The van der Waals surface area contributed by atoms with Crippen LogP contribution in [-0.2, 0) is 4.79 Å². The first kappa shape index (κ1) is 14.5. The Morgan fingerprint density at radius 2 is 1.53 bits per heavy atom.